The third-order valence-electron chi connectivity index (χ3n) is 2.72. The summed E-state index contributed by atoms with van der Waals surface area (Å²) in [5.74, 6) is -0.883. The minimum atomic E-state index is -0.883. The third-order valence-corrected chi connectivity index (χ3v) is 3.63. The molecule has 0 saturated heterocycles. The smallest absolute Gasteiger partial charge is 0.337 e. The molecule has 1 N–H and O–H groups in total. The van der Waals surface area contributed by atoms with Gasteiger partial charge in [-0.25, -0.2) is 4.79 Å². The van der Waals surface area contributed by atoms with E-state index in [9.17, 15) is 4.79 Å². The first-order chi connectivity index (χ1) is 7.75. The molecule has 4 heteroatoms. The van der Waals surface area contributed by atoms with Crippen molar-refractivity contribution < 1.29 is 9.90 Å². The molecule has 0 radical (unpaired) electrons. The Balaban J connectivity index is 2.18. The Hall–Kier alpha value is -1.81. The fourth-order valence-corrected chi connectivity index (χ4v) is 2.76. The lowest BCUT2D eigenvalue weighted by atomic mass is 10.1. The van der Waals surface area contributed by atoms with Gasteiger partial charge in [-0.2, -0.15) is 0 Å². The van der Waals surface area contributed by atoms with Crippen LogP contribution in [0, 0.1) is 0 Å². The second-order valence-electron chi connectivity index (χ2n) is 3.66. The van der Waals surface area contributed by atoms with Crippen LogP contribution in [-0.2, 0) is 4.79 Å². The summed E-state index contributed by atoms with van der Waals surface area (Å²) in [7, 11) is 0. The van der Waals surface area contributed by atoms with Crippen molar-refractivity contribution >= 4 is 29.1 Å². The molecule has 80 valence electrons. The standard InChI is InChI=1S/C12H9NO2S/c14-12(15)8-1-2-10-9-4-6-16-11(9)3-5-13(10)7-8/h1-4,6-7H,5H2,(H,14,15). The summed E-state index contributed by atoms with van der Waals surface area (Å²) in [6, 6.07) is 2.07. The Bertz CT molecular complexity index is 636. The maximum atomic E-state index is 10.9. The third kappa shape index (κ3) is 1.31. The minimum absolute atomic E-state index is 0.329. The normalized spacial score (nSPS) is 17.4. The molecule has 0 spiro atoms. The molecule has 0 amide bonds. The maximum absolute atomic E-state index is 10.9. The highest BCUT2D eigenvalue weighted by Gasteiger charge is 2.17. The second kappa shape index (κ2) is 3.35. The van der Waals surface area contributed by atoms with Crippen molar-refractivity contribution in [1.82, 2.24) is 4.90 Å². The van der Waals surface area contributed by atoms with E-state index < -0.39 is 5.97 Å². The highest BCUT2D eigenvalue weighted by molar-refractivity contribution is 7.07. The van der Waals surface area contributed by atoms with Crippen LogP contribution < -0.4 is 9.75 Å². The zero-order chi connectivity index (χ0) is 11.1. The van der Waals surface area contributed by atoms with Crippen molar-refractivity contribution in [1.29, 1.82) is 0 Å². The van der Waals surface area contributed by atoms with Crippen molar-refractivity contribution in [3.63, 3.8) is 0 Å². The lowest BCUT2D eigenvalue weighted by Gasteiger charge is -2.25. The molecule has 0 aromatic carbocycles. The first kappa shape index (κ1) is 9.42. The largest absolute Gasteiger partial charge is 0.478 e. The van der Waals surface area contributed by atoms with E-state index >= 15 is 0 Å². The molecule has 1 aromatic heterocycles. The van der Waals surface area contributed by atoms with Gasteiger partial charge in [0.2, 0.25) is 0 Å². The van der Waals surface area contributed by atoms with Crippen molar-refractivity contribution in [3.05, 3.63) is 45.1 Å². The van der Waals surface area contributed by atoms with Crippen molar-refractivity contribution in [2.75, 3.05) is 6.54 Å². The SMILES string of the molecule is O=C(O)C1=CN2CC=c3sccc3=C2C=C1. The van der Waals surface area contributed by atoms with Gasteiger partial charge in [0.1, 0.15) is 0 Å². The van der Waals surface area contributed by atoms with Gasteiger partial charge in [-0.3, -0.25) is 0 Å². The fourth-order valence-electron chi connectivity index (χ4n) is 1.94. The number of hydrogen-bond donors (Lipinski definition) is 1. The molecule has 0 aliphatic carbocycles. The topological polar surface area (TPSA) is 40.5 Å². The van der Waals surface area contributed by atoms with Crippen LogP contribution in [0.15, 0.2) is 35.4 Å². The van der Waals surface area contributed by atoms with E-state index in [2.05, 4.69) is 17.5 Å². The van der Waals surface area contributed by atoms with Crippen LogP contribution in [-0.4, -0.2) is 22.5 Å². The van der Waals surface area contributed by atoms with Gasteiger partial charge in [0.15, 0.2) is 0 Å². The quantitative estimate of drug-likeness (QED) is 0.764. The van der Waals surface area contributed by atoms with Crippen LogP contribution in [0.1, 0.15) is 0 Å². The van der Waals surface area contributed by atoms with Gasteiger partial charge in [-0.15, -0.1) is 11.3 Å². The number of aliphatic carboxylic acids is 1. The number of carboxylic acids is 1. The van der Waals surface area contributed by atoms with E-state index in [0.29, 0.717) is 5.57 Å². The molecule has 1 aromatic rings. The van der Waals surface area contributed by atoms with Crippen LogP contribution in [0.2, 0.25) is 0 Å². The molecule has 3 rings (SSSR count). The Morgan fingerprint density at radius 3 is 3.12 bits per heavy atom. The summed E-state index contributed by atoms with van der Waals surface area (Å²) in [5, 5.41) is 12.2. The van der Waals surface area contributed by atoms with Gasteiger partial charge < -0.3 is 10.0 Å². The summed E-state index contributed by atoms with van der Waals surface area (Å²) in [4.78, 5) is 12.8. The number of rotatable bonds is 1. The molecule has 0 fully saturated rings. The molecule has 0 saturated carbocycles. The molecule has 0 atom stereocenters. The molecule has 0 unspecified atom stereocenters. The lowest BCUT2D eigenvalue weighted by Crippen LogP contribution is -2.35. The Morgan fingerprint density at radius 1 is 1.44 bits per heavy atom. The van der Waals surface area contributed by atoms with Crippen molar-refractivity contribution in [2.24, 2.45) is 0 Å². The fraction of sp³-hybridized carbons (Fsp3) is 0.0833. The summed E-state index contributed by atoms with van der Waals surface area (Å²) >= 11 is 1.71. The van der Waals surface area contributed by atoms with Crippen LogP contribution in [0.3, 0.4) is 0 Å². The molecular formula is C12H9NO2S. The average Bonchev–Trinajstić information content (AvgIpc) is 2.76. The molecule has 3 heterocycles. The minimum Gasteiger partial charge on any atom is -0.478 e. The van der Waals surface area contributed by atoms with Gasteiger partial charge in [-0.1, -0.05) is 0 Å². The van der Waals surface area contributed by atoms with E-state index in [0.717, 1.165) is 12.2 Å². The lowest BCUT2D eigenvalue weighted by molar-refractivity contribution is -0.132. The van der Waals surface area contributed by atoms with Crippen molar-refractivity contribution in [2.45, 2.75) is 0 Å². The molecule has 2 aliphatic rings. The van der Waals surface area contributed by atoms with Crippen molar-refractivity contribution in [3.8, 4) is 0 Å². The molecular weight excluding hydrogens is 222 g/mol. The Labute approximate surface area is 95.9 Å². The summed E-state index contributed by atoms with van der Waals surface area (Å²) in [6.07, 6.45) is 7.34. The van der Waals surface area contributed by atoms with E-state index in [-0.39, 0.29) is 0 Å². The second-order valence-corrected chi connectivity index (χ2v) is 4.61. The Morgan fingerprint density at radius 2 is 2.31 bits per heavy atom. The predicted molar refractivity (Wildman–Crippen MR) is 63.0 cm³/mol. The number of thiophene rings is 1. The molecule has 3 nitrogen and oxygen atoms in total. The van der Waals surface area contributed by atoms with Gasteiger partial charge in [0.25, 0.3) is 0 Å². The first-order valence-electron chi connectivity index (χ1n) is 4.93. The van der Waals surface area contributed by atoms with E-state index in [1.165, 1.54) is 9.75 Å². The number of nitrogens with zero attached hydrogens (tertiary/aromatic N) is 1. The van der Waals surface area contributed by atoms with Gasteiger partial charge in [0, 0.05) is 28.2 Å². The molecule has 16 heavy (non-hydrogen) atoms. The summed E-state index contributed by atoms with van der Waals surface area (Å²) in [6.45, 7) is 0.740. The van der Waals surface area contributed by atoms with Gasteiger partial charge in [-0.05, 0) is 29.7 Å². The summed E-state index contributed by atoms with van der Waals surface area (Å²) in [5.41, 5.74) is 1.42. The Kier molecular flexibility index (Phi) is 1.97. The van der Waals surface area contributed by atoms with Crippen LogP contribution in [0.25, 0.3) is 11.8 Å². The monoisotopic (exact) mass is 231 g/mol. The number of carboxylic acid groups (broad SMARTS) is 1. The number of hydrogen-bond acceptors (Lipinski definition) is 3. The number of fused-ring (bicyclic) bond motifs is 2. The highest BCUT2D eigenvalue weighted by atomic mass is 32.1. The predicted octanol–water partition coefficient (Wildman–Crippen LogP) is 0.491. The maximum Gasteiger partial charge on any atom is 0.337 e. The van der Waals surface area contributed by atoms with E-state index in [1.54, 1.807) is 23.6 Å². The summed E-state index contributed by atoms with van der Waals surface area (Å²) < 4.78 is 1.27. The van der Waals surface area contributed by atoms with E-state index in [1.807, 2.05) is 11.0 Å². The zero-order valence-corrected chi connectivity index (χ0v) is 9.20. The van der Waals surface area contributed by atoms with E-state index in [4.69, 9.17) is 5.11 Å². The molecule has 2 aliphatic heterocycles. The van der Waals surface area contributed by atoms with Crippen LogP contribution in [0.5, 0.6) is 0 Å². The number of carbonyl (C=O) groups is 1. The molecule has 0 bridgehead atoms. The highest BCUT2D eigenvalue weighted by Crippen LogP contribution is 2.18. The van der Waals surface area contributed by atoms with Crippen LogP contribution in [0.4, 0.5) is 0 Å². The van der Waals surface area contributed by atoms with Gasteiger partial charge in [0.05, 0.1) is 5.57 Å². The van der Waals surface area contributed by atoms with Crippen LogP contribution >= 0.6 is 11.3 Å². The first-order valence-corrected chi connectivity index (χ1v) is 5.81. The van der Waals surface area contributed by atoms with Gasteiger partial charge >= 0.3 is 5.97 Å². The zero-order valence-electron chi connectivity index (χ0n) is 8.38. The average molecular weight is 231 g/mol.